The number of benzene rings is 1. The maximum atomic E-state index is 14.4. The molecule has 1 spiro atoms. The summed E-state index contributed by atoms with van der Waals surface area (Å²) in [5, 5.41) is 15.9. The molecule has 1 aromatic carbocycles. The normalized spacial score (nSPS) is 18.2. The highest BCUT2D eigenvalue weighted by molar-refractivity contribution is 5.76. The molecule has 2 aliphatic rings. The number of nitrogens with two attached hydrogens (primary N) is 1. The maximum absolute atomic E-state index is 14.4. The quantitative estimate of drug-likeness (QED) is 0.413. The SMILES string of the molecule is Cc1nc(N2CCC3(CC2)Cc2c(F)cccc2[C@H]3N)c2ccnn2c1-c1cnn(C)c1C.O=CO. The fraction of sp³-hybridized carbons (Fsp3) is 0.385. The molecule has 188 valence electrons. The third-order valence-corrected chi connectivity index (χ3v) is 7.93. The smallest absolute Gasteiger partial charge is 0.290 e. The van der Waals surface area contributed by atoms with Crippen molar-refractivity contribution in [3.05, 3.63) is 65.0 Å². The van der Waals surface area contributed by atoms with Crippen molar-refractivity contribution in [3.63, 3.8) is 0 Å². The number of halogens is 1. The van der Waals surface area contributed by atoms with Gasteiger partial charge in [-0.25, -0.2) is 13.9 Å². The van der Waals surface area contributed by atoms with Crippen LogP contribution in [-0.2, 0) is 18.3 Å². The summed E-state index contributed by atoms with van der Waals surface area (Å²) in [6, 6.07) is 7.22. The minimum absolute atomic E-state index is 0.0840. The van der Waals surface area contributed by atoms with Crippen molar-refractivity contribution in [3.8, 4) is 11.3 Å². The van der Waals surface area contributed by atoms with E-state index in [0.717, 1.165) is 77.5 Å². The Kier molecular flexibility index (Phi) is 5.99. The number of hydrogen-bond acceptors (Lipinski definition) is 6. The fourth-order valence-electron chi connectivity index (χ4n) is 5.84. The second-order valence-electron chi connectivity index (χ2n) is 9.68. The highest BCUT2D eigenvalue weighted by atomic mass is 19.1. The summed E-state index contributed by atoms with van der Waals surface area (Å²) in [5.41, 5.74) is 13.4. The first-order chi connectivity index (χ1) is 17.3. The molecule has 9 nitrogen and oxygen atoms in total. The highest BCUT2D eigenvalue weighted by Gasteiger charge is 2.47. The molecule has 36 heavy (non-hydrogen) atoms. The molecule has 1 fully saturated rings. The number of hydrogen-bond donors (Lipinski definition) is 2. The Hall–Kier alpha value is -3.79. The van der Waals surface area contributed by atoms with E-state index in [0.29, 0.717) is 0 Å². The first-order valence-electron chi connectivity index (χ1n) is 12.0. The van der Waals surface area contributed by atoms with Crippen LogP contribution < -0.4 is 10.6 Å². The summed E-state index contributed by atoms with van der Waals surface area (Å²) >= 11 is 0. The van der Waals surface area contributed by atoms with Crippen molar-refractivity contribution < 1.29 is 14.3 Å². The number of piperidine rings is 1. The lowest BCUT2D eigenvalue weighted by molar-refractivity contribution is -0.122. The minimum atomic E-state index is -0.250. The molecule has 3 aromatic heterocycles. The van der Waals surface area contributed by atoms with Gasteiger partial charge in [0.15, 0.2) is 5.82 Å². The van der Waals surface area contributed by atoms with E-state index < -0.39 is 0 Å². The van der Waals surface area contributed by atoms with Crippen LogP contribution in [0.5, 0.6) is 0 Å². The number of rotatable bonds is 2. The predicted octanol–water partition coefficient (Wildman–Crippen LogP) is 3.43. The third kappa shape index (κ3) is 3.63. The Labute approximate surface area is 208 Å². The van der Waals surface area contributed by atoms with Gasteiger partial charge in [-0.1, -0.05) is 12.1 Å². The largest absolute Gasteiger partial charge is 0.483 e. The minimum Gasteiger partial charge on any atom is -0.483 e. The maximum Gasteiger partial charge on any atom is 0.290 e. The summed E-state index contributed by atoms with van der Waals surface area (Å²) in [4.78, 5) is 15.7. The summed E-state index contributed by atoms with van der Waals surface area (Å²) in [7, 11) is 1.94. The lowest BCUT2D eigenvalue weighted by Crippen LogP contribution is -2.44. The van der Waals surface area contributed by atoms with Crippen LogP contribution in [0.25, 0.3) is 16.8 Å². The number of carboxylic acid groups (broad SMARTS) is 1. The average Bonchev–Trinajstić information content (AvgIpc) is 3.54. The van der Waals surface area contributed by atoms with Crippen molar-refractivity contribution >= 4 is 17.8 Å². The van der Waals surface area contributed by atoms with Gasteiger partial charge in [-0.2, -0.15) is 10.2 Å². The molecule has 0 radical (unpaired) electrons. The molecule has 0 bridgehead atoms. The zero-order chi connectivity index (χ0) is 25.6. The van der Waals surface area contributed by atoms with Crippen molar-refractivity contribution in [2.45, 2.75) is 39.2 Å². The monoisotopic (exact) mass is 491 g/mol. The zero-order valence-electron chi connectivity index (χ0n) is 20.6. The van der Waals surface area contributed by atoms with Gasteiger partial charge in [0.2, 0.25) is 0 Å². The zero-order valence-corrected chi connectivity index (χ0v) is 20.6. The predicted molar refractivity (Wildman–Crippen MR) is 134 cm³/mol. The lowest BCUT2D eigenvalue weighted by Gasteiger charge is -2.42. The van der Waals surface area contributed by atoms with Crippen LogP contribution in [0.1, 0.15) is 41.4 Å². The van der Waals surface area contributed by atoms with Gasteiger partial charge in [0.25, 0.3) is 6.47 Å². The number of aryl methyl sites for hydroxylation is 2. The molecule has 4 aromatic rings. The average molecular weight is 492 g/mol. The molecule has 6 rings (SSSR count). The number of nitrogens with zero attached hydrogens (tertiary/aromatic N) is 6. The summed E-state index contributed by atoms with van der Waals surface area (Å²) in [6.07, 6.45) is 6.24. The first kappa shape index (κ1) is 23.9. The Morgan fingerprint density at radius 1 is 1.19 bits per heavy atom. The van der Waals surface area contributed by atoms with Crippen molar-refractivity contribution in [2.24, 2.45) is 18.2 Å². The molecule has 0 unspecified atom stereocenters. The van der Waals surface area contributed by atoms with Crippen LogP contribution in [0.4, 0.5) is 10.2 Å². The molecule has 10 heteroatoms. The second-order valence-corrected chi connectivity index (χ2v) is 9.68. The number of carbonyl (C=O) groups is 1. The van der Waals surface area contributed by atoms with Crippen LogP contribution >= 0.6 is 0 Å². The van der Waals surface area contributed by atoms with Gasteiger partial charge in [0.05, 0.1) is 23.8 Å². The fourth-order valence-corrected chi connectivity index (χ4v) is 5.84. The standard InChI is InChI=1S/C25H28FN7.CH2O2/c1-15-22(19-14-29-31(3)16(19)2)33-21(7-10-28-33)24(30-15)32-11-8-25(9-12-32)13-18-17(23(25)27)5-4-6-20(18)26;2-1-3/h4-7,10,14,23H,8-9,11-13,27H2,1-3H3;1H,(H,2,3)/t23-;/m1./s1. The number of anilines is 1. The molecule has 0 saturated carbocycles. The third-order valence-electron chi connectivity index (χ3n) is 7.93. The van der Waals surface area contributed by atoms with Crippen LogP contribution in [0.3, 0.4) is 0 Å². The molecule has 1 aliphatic carbocycles. The van der Waals surface area contributed by atoms with E-state index in [4.69, 9.17) is 20.6 Å². The molecule has 1 saturated heterocycles. The molecule has 4 heterocycles. The lowest BCUT2D eigenvalue weighted by atomic mass is 9.73. The van der Waals surface area contributed by atoms with E-state index in [9.17, 15) is 4.39 Å². The van der Waals surface area contributed by atoms with Crippen LogP contribution in [0, 0.1) is 25.1 Å². The van der Waals surface area contributed by atoms with Crippen molar-refractivity contribution in [1.29, 1.82) is 0 Å². The van der Waals surface area contributed by atoms with E-state index in [1.54, 1.807) is 12.1 Å². The van der Waals surface area contributed by atoms with Gasteiger partial charge in [0.1, 0.15) is 11.3 Å². The molecule has 1 atom stereocenters. The van der Waals surface area contributed by atoms with Crippen molar-refractivity contribution in [2.75, 3.05) is 18.0 Å². The highest BCUT2D eigenvalue weighted by Crippen LogP contribution is 2.51. The van der Waals surface area contributed by atoms with E-state index in [1.165, 1.54) is 0 Å². The second kappa shape index (κ2) is 9.02. The Morgan fingerprint density at radius 3 is 2.56 bits per heavy atom. The van der Waals surface area contributed by atoms with E-state index in [2.05, 4.69) is 22.0 Å². The molecule has 1 aliphatic heterocycles. The Balaban J connectivity index is 0.000000848. The van der Waals surface area contributed by atoms with Crippen LogP contribution in [0.2, 0.25) is 0 Å². The van der Waals surface area contributed by atoms with Gasteiger partial charge in [-0.3, -0.25) is 9.48 Å². The molecular weight excluding hydrogens is 461 g/mol. The molecule has 0 amide bonds. The van der Waals surface area contributed by atoms with Gasteiger partial charge in [0, 0.05) is 37.4 Å². The summed E-state index contributed by atoms with van der Waals surface area (Å²) < 4.78 is 18.3. The van der Waals surface area contributed by atoms with Crippen LogP contribution in [0.15, 0.2) is 36.7 Å². The van der Waals surface area contributed by atoms with E-state index in [-0.39, 0.29) is 23.7 Å². The van der Waals surface area contributed by atoms with E-state index in [1.807, 2.05) is 47.7 Å². The number of fused-ring (bicyclic) bond motifs is 2. The van der Waals surface area contributed by atoms with Gasteiger partial charge in [-0.05, 0) is 61.8 Å². The summed E-state index contributed by atoms with van der Waals surface area (Å²) in [5.74, 6) is 0.821. The van der Waals surface area contributed by atoms with E-state index >= 15 is 0 Å². The summed E-state index contributed by atoms with van der Waals surface area (Å²) in [6.45, 7) is 5.51. The van der Waals surface area contributed by atoms with Crippen LogP contribution in [-0.4, -0.2) is 49.0 Å². The molecule has 3 N–H and O–H groups in total. The van der Waals surface area contributed by atoms with Gasteiger partial charge >= 0.3 is 0 Å². The molecular formula is C26H30FN7O2. The first-order valence-corrected chi connectivity index (χ1v) is 12.0. The van der Waals surface area contributed by atoms with Crippen molar-refractivity contribution in [1.82, 2.24) is 24.4 Å². The Morgan fingerprint density at radius 2 is 1.92 bits per heavy atom. The van der Waals surface area contributed by atoms with Gasteiger partial charge in [-0.15, -0.1) is 0 Å². The number of aromatic nitrogens is 5. The topological polar surface area (TPSA) is 115 Å². The van der Waals surface area contributed by atoms with Gasteiger partial charge < -0.3 is 15.7 Å². The Bertz CT molecular complexity index is 1440.